The third-order valence-corrected chi connectivity index (χ3v) is 4.27. The van der Waals surface area contributed by atoms with Crippen LogP contribution in [-0.4, -0.2) is 37.0 Å². The lowest BCUT2D eigenvalue weighted by Gasteiger charge is -2.47. The molecule has 1 atom stereocenters. The maximum absolute atomic E-state index is 12.0. The first kappa shape index (κ1) is 14.0. The van der Waals surface area contributed by atoms with Gasteiger partial charge in [-0.3, -0.25) is 4.79 Å². The van der Waals surface area contributed by atoms with Gasteiger partial charge in [0, 0.05) is 12.1 Å². The molecule has 1 amide bonds. The largest absolute Gasteiger partial charge is 0.353 e. The van der Waals surface area contributed by atoms with Crippen LogP contribution < -0.4 is 5.32 Å². The van der Waals surface area contributed by atoms with Crippen molar-refractivity contribution in [3.8, 4) is 6.07 Å². The molecule has 1 aliphatic carbocycles. The Morgan fingerprint density at radius 2 is 2.12 bits per heavy atom. The second kappa shape index (κ2) is 5.05. The van der Waals surface area contributed by atoms with E-state index >= 15 is 0 Å². The molecule has 0 spiro atoms. The Morgan fingerprint density at radius 1 is 1.53 bits per heavy atom. The van der Waals surface area contributed by atoms with Gasteiger partial charge in [-0.2, -0.15) is 5.26 Å². The van der Waals surface area contributed by atoms with E-state index in [9.17, 15) is 4.79 Å². The van der Waals surface area contributed by atoms with E-state index in [1.54, 1.807) is 6.92 Å². The van der Waals surface area contributed by atoms with Crippen LogP contribution in [0.3, 0.4) is 0 Å². The Balaban J connectivity index is 2.57. The molecule has 1 saturated carbocycles. The first-order valence-electron chi connectivity index (χ1n) is 6.27. The van der Waals surface area contributed by atoms with Crippen molar-refractivity contribution < 1.29 is 4.79 Å². The van der Waals surface area contributed by atoms with Gasteiger partial charge in [-0.25, -0.2) is 0 Å². The molecule has 1 N–H and O–H groups in total. The van der Waals surface area contributed by atoms with Gasteiger partial charge in [0.2, 0.25) is 5.91 Å². The Morgan fingerprint density at radius 3 is 2.41 bits per heavy atom. The van der Waals surface area contributed by atoms with Crippen molar-refractivity contribution in [3.63, 3.8) is 0 Å². The van der Waals surface area contributed by atoms with Gasteiger partial charge in [0.25, 0.3) is 0 Å². The number of likely N-dealkylation sites (N-methyl/N-ethyl adjacent to an activating group) is 1. The third-order valence-electron chi connectivity index (χ3n) is 4.27. The molecule has 1 aliphatic rings. The van der Waals surface area contributed by atoms with Crippen LogP contribution in [0.2, 0.25) is 0 Å². The first-order valence-corrected chi connectivity index (χ1v) is 6.27. The van der Waals surface area contributed by atoms with Gasteiger partial charge < -0.3 is 10.2 Å². The highest BCUT2D eigenvalue weighted by Crippen LogP contribution is 2.35. The number of hydrogen-bond donors (Lipinski definition) is 1. The molecule has 1 fully saturated rings. The van der Waals surface area contributed by atoms with E-state index in [2.05, 4.69) is 30.4 Å². The summed E-state index contributed by atoms with van der Waals surface area (Å²) in [7, 11) is 4.10. The summed E-state index contributed by atoms with van der Waals surface area (Å²) in [5.74, 6) is -0.143. The molecule has 0 bridgehead atoms. The highest BCUT2D eigenvalue weighted by molar-refractivity contribution is 5.84. The van der Waals surface area contributed by atoms with Gasteiger partial charge in [0.15, 0.2) is 0 Å². The van der Waals surface area contributed by atoms with Crippen molar-refractivity contribution in [2.45, 2.75) is 45.1 Å². The highest BCUT2D eigenvalue weighted by Gasteiger charge is 2.40. The lowest BCUT2D eigenvalue weighted by atomic mass is 9.75. The number of nitrogens with one attached hydrogen (secondary N) is 1. The molecule has 0 saturated heterocycles. The average Bonchev–Trinajstić information content (AvgIpc) is 2.25. The van der Waals surface area contributed by atoms with Crippen LogP contribution in [0.25, 0.3) is 0 Å². The Labute approximate surface area is 104 Å². The summed E-state index contributed by atoms with van der Waals surface area (Å²) in [6, 6.07) is 2.10. The molecule has 4 heteroatoms. The topological polar surface area (TPSA) is 56.1 Å². The monoisotopic (exact) mass is 237 g/mol. The molecule has 0 aromatic carbocycles. The van der Waals surface area contributed by atoms with Crippen LogP contribution in [-0.2, 0) is 4.79 Å². The molecular formula is C13H23N3O. The number of nitrogens with zero attached hydrogens (tertiary/aromatic N) is 2. The summed E-state index contributed by atoms with van der Waals surface area (Å²) in [6.07, 6.45) is 4.01. The van der Waals surface area contributed by atoms with Crippen LogP contribution in [0.5, 0.6) is 0 Å². The van der Waals surface area contributed by atoms with Crippen molar-refractivity contribution in [3.05, 3.63) is 0 Å². The molecule has 0 aliphatic heterocycles. The van der Waals surface area contributed by atoms with Crippen molar-refractivity contribution in [2.75, 3.05) is 20.6 Å². The van der Waals surface area contributed by atoms with Crippen LogP contribution in [0.15, 0.2) is 0 Å². The smallest absolute Gasteiger partial charge is 0.240 e. The summed E-state index contributed by atoms with van der Waals surface area (Å²) in [5.41, 5.74) is -0.781. The predicted molar refractivity (Wildman–Crippen MR) is 67.3 cm³/mol. The van der Waals surface area contributed by atoms with Gasteiger partial charge in [-0.1, -0.05) is 6.92 Å². The van der Waals surface area contributed by atoms with Crippen molar-refractivity contribution in [1.29, 1.82) is 5.26 Å². The second-order valence-corrected chi connectivity index (χ2v) is 5.45. The Kier molecular flexibility index (Phi) is 4.16. The lowest BCUT2D eigenvalue weighted by molar-refractivity contribution is -0.128. The van der Waals surface area contributed by atoms with E-state index in [0.717, 1.165) is 12.8 Å². The predicted octanol–water partition coefficient (Wildman–Crippen LogP) is 1.53. The van der Waals surface area contributed by atoms with E-state index < -0.39 is 5.41 Å². The van der Waals surface area contributed by atoms with E-state index in [4.69, 9.17) is 5.26 Å². The van der Waals surface area contributed by atoms with Crippen molar-refractivity contribution in [2.24, 2.45) is 5.41 Å². The minimum Gasteiger partial charge on any atom is -0.353 e. The molecule has 1 unspecified atom stereocenters. The number of carbonyl (C=O) groups excluding carboxylic acids is 1. The fourth-order valence-electron chi connectivity index (χ4n) is 2.10. The van der Waals surface area contributed by atoms with Crippen LogP contribution >= 0.6 is 0 Å². The van der Waals surface area contributed by atoms with Crippen LogP contribution in [0.4, 0.5) is 0 Å². The van der Waals surface area contributed by atoms with E-state index in [-0.39, 0.29) is 11.4 Å². The van der Waals surface area contributed by atoms with Gasteiger partial charge >= 0.3 is 0 Å². The number of rotatable bonds is 5. The molecule has 4 nitrogen and oxygen atoms in total. The van der Waals surface area contributed by atoms with Gasteiger partial charge in [0.1, 0.15) is 5.41 Å². The minimum absolute atomic E-state index is 0.111. The maximum atomic E-state index is 12.0. The van der Waals surface area contributed by atoms with E-state index in [0.29, 0.717) is 13.0 Å². The summed E-state index contributed by atoms with van der Waals surface area (Å²) in [6.45, 7) is 4.22. The SMILES string of the molecule is CCC(C)(C#N)C(=O)NCC1(N(C)C)CCC1. The number of nitriles is 1. The zero-order chi connectivity index (χ0) is 13.1. The third kappa shape index (κ3) is 2.61. The Hall–Kier alpha value is -1.08. The van der Waals surface area contributed by atoms with Gasteiger partial charge in [0.05, 0.1) is 6.07 Å². The molecular weight excluding hydrogens is 214 g/mol. The summed E-state index contributed by atoms with van der Waals surface area (Å²) < 4.78 is 0. The molecule has 0 aromatic heterocycles. The summed E-state index contributed by atoms with van der Waals surface area (Å²) in [4.78, 5) is 14.2. The summed E-state index contributed by atoms with van der Waals surface area (Å²) in [5, 5.41) is 12.0. The maximum Gasteiger partial charge on any atom is 0.240 e. The zero-order valence-corrected chi connectivity index (χ0v) is 11.3. The zero-order valence-electron chi connectivity index (χ0n) is 11.3. The van der Waals surface area contributed by atoms with Crippen molar-refractivity contribution >= 4 is 5.91 Å². The molecule has 0 aromatic rings. The van der Waals surface area contributed by atoms with Crippen LogP contribution in [0, 0.1) is 16.7 Å². The van der Waals surface area contributed by atoms with Crippen molar-refractivity contribution in [1.82, 2.24) is 10.2 Å². The fraction of sp³-hybridized carbons (Fsp3) is 0.846. The average molecular weight is 237 g/mol. The number of hydrogen-bond acceptors (Lipinski definition) is 3. The quantitative estimate of drug-likeness (QED) is 0.789. The van der Waals surface area contributed by atoms with E-state index in [1.165, 1.54) is 6.42 Å². The Bertz CT molecular complexity index is 328. The van der Waals surface area contributed by atoms with Gasteiger partial charge in [-0.15, -0.1) is 0 Å². The minimum atomic E-state index is -0.892. The number of amides is 1. The first-order chi connectivity index (χ1) is 7.90. The molecule has 0 radical (unpaired) electrons. The number of carbonyl (C=O) groups is 1. The highest BCUT2D eigenvalue weighted by atomic mass is 16.2. The molecule has 17 heavy (non-hydrogen) atoms. The van der Waals surface area contributed by atoms with E-state index in [1.807, 2.05) is 6.92 Å². The van der Waals surface area contributed by atoms with Crippen LogP contribution in [0.1, 0.15) is 39.5 Å². The molecule has 96 valence electrons. The second-order valence-electron chi connectivity index (χ2n) is 5.45. The molecule has 1 rings (SSSR count). The molecule has 0 heterocycles. The summed E-state index contributed by atoms with van der Waals surface area (Å²) >= 11 is 0. The fourth-order valence-corrected chi connectivity index (χ4v) is 2.10. The standard InChI is InChI=1S/C13H23N3O/c1-5-12(2,9-14)11(17)15-10-13(16(3)4)7-6-8-13/h5-8,10H2,1-4H3,(H,15,17). The van der Waals surface area contributed by atoms with Gasteiger partial charge in [-0.05, 0) is 46.7 Å². The normalized spacial score (nSPS) is 21.2. The lowest BCUT2D eigenvalue weighted by Crippen LogP contribution is -2.58.